The molecule has 146 valence electrons. The van der Waals surface area contributed by atoms with Crippen LogP contribution in [0.4, 0.5) is 5.69 Å². The molecule has 2 aromatic heterocycles. The first-order valence-electron chi connectivity index (χ1n) is 8.69. The lowest BCUT2D eigenvalue weighted by Crippen LogP contribution is -2.14. The van der Waals surface area contributed by atoms with E-state index >= 15 is 0 Å². The highest BCUT2D eigenvalue weighted by molar-refractivity contribution is 8.00. The van der Waals surface area contributed by atoms with Crippen molar-refractivity contribution in [2.24, 2.45) is 0 Å². The predicted molar refractivity (Wildman–Crippen MR) is 120 cm³/mol. The van der Waals surface area contributed by atoms with Gasteiger partial charge in [-0.15, -0.1) is 11.3 Å². The summed E-state index contributed by atoms with van der Waals surface area (Å²) < 4.78 is 5.28. The number of thiophene rings is 1. The van der Waals surface area contributed by atoms with Crippen LogP contribution in [0.5, 0.6) is 5.75 Å². The summed E-state index contributed by atoms with van der Waals surface area (Å²) in [6.45, 7) is 0. The van der Waals surface area contributed by atoms with Gasteiger partial charge in [-0.3, -0.25) is 4.79 Å². The third-order valence-electron chi connectivity index (χ3n) is 4.21. The number of para-hydroxylation sites is 2. The fourth-order valence-electron chi connectivity index (χ4n) is 2.87. The van der Waals surface area contributed by atoms with Crippen LogP contribution in [0.15, 0.2) is 65.3 Å². The molecule has 5 nitrogen and oxygen atoms in total. The molecule has 1 amide bonds. The van der Waals surface area contributed by atoms with Crippen LogP contribution in [-0.2, 0) is 4.79 Å². The first-order chi connectivity index (χ1) is 14.2. The minimum absolute atomic E-state index is 0.130. The third kappa shape index (κ3) is 4.37. The number of methoxy groups -OCH3 is 1. The molecule has 0 unspecified atom stereocenters. The molecule has 2 heterocycles. The number of rotatable bonds is 6. The number of amides is 1. The number of thioether (sulfide) groups is 1. The molecule has 0 fully saturated rings. The molecule has 0 radical (unpaired) electrons. The first kappa shape index (κ1) is 19.7. The number of nitrogens with zero attached hydrogens (tertiary/aromatic N) is 2. The van der Waals surface area contributed by atoms with Gasteiger partial charge in [0.15, 0.2) is 0 Å². The number of carbonyl (C=O) groups is 1. The molecule has 4 aromatic rings. The Hall–Kier alpha value is -2.61. The standard InChI is InChI=1S/C21H16ClN3O2S2/c1-27-17-5-3-2-4-16(17)25-18(26)11-29-21-19-15(10-28-20(19)23-12-24-21)13-6-8-14(22)9-7-13/h2-10,12H,11H2,1H3,(H,25,26). The summed E-state index contributed by atoms with van der Waals surface area (Å²) in [4.78, 5) is 22.2. The van der Waals surface area contributed by atoms with Crippen LogP contribution in [0.2, 0.25) is 5.02 Å². The van der Waals surface area contributed by atoms with Crippen molar-refractivity contribution in [3.8, 4) is 16.9 Å². The summed E-state index contributed by atoms with van der Waals surface area (Å²) in [6, 6.07) is 15.0. The highest BCUT2D eigenvalue weighted by Gasteiger charge is 2.15. The molecule has 0 spiro atoms. The van der Waals surface area contributed by atoms with E-state index in [9.17, 15) is 4.79 Å². The third-order valence-corrected chi connectivity index (χ3v) is 6.34. The molecular formula is C21H16ClN3O2S2. The first-order valence-corrected chi connectivity index (χ1v) is 10.9. The van der Waals surface area contributed by atoms with Gasteiger partial charge in [-0.2, -0.15) is 0 Å². The van der Waals surface area contributed by atoms with Crippen molar-refractivity contribution in [3.05, 3.63) is 65.3 Å². The van der Waals surface area contributed by atoms with E-state index in [1.165, 1.54) is 18.1 Å². The number of fused-ring (bicyclic) bond motifs is 1. The Balaban J connectivity index is 1.56. The minimum Gasteiger partial charge on any atom is -0.495 e. The Morgan fingerprint density at radius 3 is 2.76 bits per heavy atom. The summed E-state index contributed by atoms with van der Waals surface area (Å²) in [7, 11) is 1.58. The Morgan fingerprint density at radius 2 is 1.97 bits per heavy atom. The topological polar surface area (TPSA) is 64.1 Å². The van der Waals surface area contributed by atoms with Crippen LogP contribution >= 0.6 is 34.7 Å². The average molecular weight is 442 g/mol. The average Bonchev–Trinajstić information content (AvgIpc) is 3.18. The molecule has 0 saturated carbocycles. The molecule has 0 aliphatic rings. The molecule has 0 saturated heterocycles. The summed E-state index contributed by atoms with van der Waals surface area (Å²) in [5, 5.41) is 7.36. The summed E-state index contributed by atoms with van der Waals surface area (Å²) >= 11 is 8.95. The van der Waals surface area contributed by atoms with E-state index in [4.69, 9.17) is 16.3 Å². The minimum atomic E-state index is -0.130. The van der Waals surface area contributed by atoms with Crippen LogP contribution < -0.4 is 10.1 Å². The van der Waals surface area contributed by atoms with Crippen LogP contribution in [0, 0.1) is 0 Å². The van der Waals surface area contributed by atoms with Crippen molar-refractivity contribution >= 4 is 56.5 Å². The number of nitrogens with one attached hydrogen (secondary N) is 1. The number of hydrogen-bond acceptors (Lipinski definition) is 6. The Kier molecular flexibility index (Phi) is 5.99. The van der Waals surface area contributed by atoms with Gasteiger partial charge in [0.1, 0.15) is 21.9 Å². The molecule has 1 N–H and O–H groups in total. The van der Waals surface area contributed by atoms with Crippen LogP contribution in [0.25, 0.3) is 21.3 Å². The number of carbonyl (C=O) groups excluding carboxylic acids is 1. The van der Waals surface area contributed by atoms with Gasteiger partial charge in [0.2, 0.25) is 5.91 Å². The van der Waals surface area contributed by atoms with Gasteiger partial charge in [-0.25, -0.2) is 9.97 Å². The zero-order valence-corrected chi connectivity index (χ0v) is 17.8. The van der Waals surface area contributed by atoms with Gasteiger partial charge in [-0.1, -0.05) is 47.6 Å². The maximum atomic E-state index is 12.5. The number of aromatic nitrogens is 2. The second-order valence-corrected chi connectivity index (χ2v) is 8.31. The number of halogens is 1. The lowest BCUT2D eigenvalue weighted by molar-refractivity contribution is -0.113. The van der Waals surface area contributed by atoms with Crippen molar-refractivity contribution in [2.45, 2.75) is 5.03 Å². The quantitative estimate of drug-likeness (QED) is 0.305. The van der Waals surface area contributed by atoms with E-state index in [2.05, 4.69) is 20.7 Å². The van der Waals surface area contributed by atoms with Gasteiger partial charge >= 0.3 is 0 Å². The van der Waals surface area contributed by atoms with Crippen LogP contribution in [0.1, 0.15) is 0 Å². The van der Waals surface area contributed by atoms with E-state index in [-0.39, 0.29) is 11.7 Å². The Morgan fingerprint density at radius 1 is 1.17 bits per heavy atom. The van der Waals surface area contributed by atoms with Gasteiger partial charge in [0.05, 0.1) is 23.9 Å². The zero-order chi connectivity index (χ0) is 20.2. The highest BCUT2D eigenvalue weighted by atomic mass is 35.5. The van der Waals surface area contributed by atoms with E-state index in [0.717, 1.165) is 26.4 Å². The van der Waals surface area contributed by atoms with E-state index in [1.54, 1.807) is 24.5 Å². The molecule has 4 rings (SSSR count). The zero-order valence-electron chi connectivity index (χ0n) is 15.4. The summed E-state index contributed by atoms with van der Waals surface area (Å²) in [6.07, 6.45) is 1.53. The van der Waals surface area contributed by atoms with Crippen LogP contribution in [-0.4, -0.2) is 28.7 Å². The van der Waals surface area contributed by atoms with Gasteiger partial charge < -0.3 is 10.1 Å². The van der Waals surface area contributed by atoms with Crippen molar-refractivity contribution < 1.29 is 9.53 Å². The fourth-order valence-corrected chi connectivity index (χ4v) is 4.79. The van der Waals surface area contributed by atoms with Crippen molar-refractivity contribution in [1.29, 1.82) is 0 Å². The highest BCUT2D eigenvalue weighted by Crippen LogP contribution is 2.38. The van der Waals surface area contributed by atoms with Crippen LogP contribution in [0.3, 0.4) is 0 Å². The maximum Gasteiger partial charge on any atom is 0.234 e. The number of anilines is 1. The SMILES string of the molecule is COc1ccccc1NC(=O)CSc1ncnc2scc(-c3ccc(Cl)cc3)c12. The molecule has 29 heavy (non-hydrogen) atoms. The number of benzene rings is 2. The molecule has 0 bridgehead atoms. The fraction of sp³-hybridized carbons (Fsp3) is 0.0952. The van der Waals surface area contributed by atoms with Gasteiger partial charge in [0, 0.05) is 16.0 Å². The molecule has 2 aromatic carbocycles. The lowest BCUT2D eigenvalue weighted by atomic mass is 10.1. The van der Waals surface area contributed by atoms with Gasteiger partial charge in [0.25, 0.3) is 0 Å². The number of ether oxygens (including phenoxy) is 1. The summed E-state index contributed by atoms with van der Waals surface area (Å²) in [5.41, 5.74) is 2.72. The molecular weight excluding hydrogens is 426 g/mol. The molecule has 0 aliphatic heterocycles. The van der Waals surface area contributed by atoms with Crippen molar-refractivity contribution in [1.82, 2.24) is 9.97 Å². The number of hydrogen-bond donors (Lipinski definition) is 1. The second kappa shape index (κ2) is 8.82. The Labute approximate surface area is 181 Å². The largest absolute Gasteiger partial charge is 0.495 e. The van der Waals surface area contributed by atoms with E-state index in [0.29, 0.717) is 16.5 Å². The molecule has 8 heteroatoms. The van der Waals surface area contributed by atoms with Crippen molar-refractivity contribution in [2.75, 3.05) is 18.2 Å². The second-order valence-electron chi connectivity index (χ2n) is 6.05. The van der Waals surface area contributed by atoms with Crippen molar-refractivity contribution in [3.63, 3.8) is 0 Å². The molecule has 0 aliphatic carbocycles. The van der Waals surface area contributed by atoms with E-state index < -0.39 is 0 Å². The maximum absolute atomic E-state index is 12.5. The lowest BCUT2D eigenvalue weighted by Gasteiger charge is -2.10. The van der Waals surface area contributed by atoms with Gasteiger partial charge in [-0.05, 0) is 29.8 Å². The summed E-state index contributed by atoms with van der Waals surface area (Å²) in [5.74, 6) is 0.716. The monoisotopic (exact) mass is 441 g/mol. The normalized spacial score (nSPS) is 10.8. The Bertz CT molecular complexity index is 1160. The molecule has 0 atom stereocenters. The predicted octanol–water partition coefficient (Wildman–Crippen LogP) is 5.75. The smallest absolute Gasteiger partial charge is 0.234 e. The van der Waals surface area contributed by atoms with E-state index in [1.807, 2.05) is 42.5 Å².